The van der Waals surface area contributed by atoms with Crippen LogP contribution in [-0.2, 0) is 9.59 Å². The number of likely N-dealkylation sites (N-methyl/N-ethyl adjacent to an activating group) is 1. The van der Waals surface area contributed by atoms with Crippen molar-refractivity contribution in [1.29, 1.82) is 0 Å². The third-order valence-corrected chi connectivity index (χ3v) is 2.64. The van der Waals surface area contributed by atoms with Crippen LogP contribution in [-0.4, -0.2) is 38.5 Å². The molecule has 2 atom stereocenters. The Labute approximate surface area is 90.0 Å². The highest BCUT2D eigenvalue weighted by atomic mass is 16.2. The topological polar surface area (TPSA) is 70.2 Å². The maximum atomic E-state index is 11.6. The van der Waals surface area contributed by atoms with Crippen LogP contribution in [0, 0.1) is 11.8 Å². The zero-order valence-corrected chi connectivity index (χ0v) is 9.30. The molecule has 2 unspecified atom stereocenters. The summed E-state index contributed by atoms with van der Waals surface area (Å²) in [6, 6.07) is 0. The minimum atomic E-state index is -0.167. The summed E-state index contributed by atoms with van der Waals surface area (Å²) in [4.78, 5) is 22.6. The second-order valence-electron chi connectivity index (χ2n) is 4.09. The highest BCUT2D eigenvalue weighted by molar-refractivity contribution is 5.85. The predicted octanol–water partition coefficient (Wildman–Crippen LogP) is -0.906. The Morgan fingerprint density at radius 1 is 1.40 bits per heavy atom. The van der Waals surface area contributed by atoms with E-state index in [2.05, 4.69) is 22.9 Å². The molecule has 1 heterocycles. The van der Waals surface area contributed by atoms with E-state index in [1.54, 1.807) is 7.05 Å². The highest BCUT2D eigenvalue weighted by Gasteiger charge is 2.24. The summed E-state index contributed by atoms with van der Waals surface area (Å²) in [6.45, 7) is 3.87. The maximum Gasteiger partial charge on any atom is 0.239 e. The lowest BCUT2D eigenvalue weighted by atomic mass is 9.91. The van der Waals surface area contributed by atoms with E-state index in [9.17, 15) is 9.59 Å². The van der Waals surface area contributed by atoms with Crippen molar-refractivity contribution in [1.82, 2.24) is 16.0 Å². The zero-order valence-electron chi connectivity index (χ0n) is 9.30. The van der Waals surface area contributed by atoms with E-state index in [0.29, 0.717) is 12.5 Å². The molecule has 0 aliphatic carbocycles. The lowest BCUT2D eigenvalue weighted by molar-refractivity contribution is -0.129. The van der Waals surface area contributed by atoms with Crippen molar-refractivity contribution < 1.29 is 9.59 Å². The Bertz CT molecular complexity index is 243. The van der Waals surface area contributed by atoms with Crippen LogP contribution in [0.15, 0.2) is 0 Å². The fourth-order valence-corrected chi connectivity index (χ4v) is 1.76. The quantitative estimate of drug-likeness (QED) is 0.568. The molecule has 5 heteroatoms. The number of carbonyl (C=O) groups excluding carboxylic acids is 2. The van der Waals surface area contributed by atoms with Gasteiger partial charge in [-0.2, -0.15) is 0 Å². The van der Waals surface area contributed by atoms with Crippen molar-refractivity contribution in [3.8, 4) is 0 Å². The van der Waals surface area contributed by atoms with Gasteiger partial charge >= 0.3 is 0 Å². The van der Waals surface area contributed by atoms with Crippen LogP contribution in [0.4, 0.5) is 0 Å². The van der Waals surface area contributed by atoms with Gasteiger partial charge in [0.15, 0.2) is 0 Å². The molecule has 1 aliphatic rings. The fraction of sp³-hybridized carbons (Fsp3) is 0.800. The lowest BCUT2D eigenvalue weighted by Crippen LogP contribution is -2.45. The molecule has 1 fully saturated rings. The molecule has 86 valence electrons. The second kappa shape index (κ2) is 5.70. The van der Waals surface area contributed by atoms with Gasteiger partial charge in [-0.1, -0.05) is 6.92 Å². The van der Waals surface area contributed by atoms with Crippen LogP contribution in [0.3, 0.4) is 0 Å². The van der Waals surface area contributed by atoms with Crippen molar-refractivity contribution >= 4 is 11.8 Å². The van der Waals surface area contributed by atoms with Crippen LogP contribution in [0.1, 0.15) is 13.3 Å². The normalized spacial score (nSPS) is 25.7. The van der Waals surface area contributed by atoms with Crippen molar-refractivity contribution in [2.75, 3.05) is 26.7 Å². The van der Waals surface area contributed by atoms with Gasteiger partial charge in [0, 0.05) is 13.6 Å². The number of rotatable bonds is 3. The van der Waals surface area contributed by atoms with Gasteiger partial charge in [0.05, 0.1) is 12.5 Å². The smallest absolute Gasteiger partial charge is 0.239 e. The summed E-state index contributed by atoms with van der Waals surface area (Å²) in [5.74, 6) is 0.325. The van der Waals surface area contributed by atoms with Gasteiger partial charge < -0.3 is 16.0 Å². The van der Waals surface area contributed by atoms with Crippen LogP contribution in [0.25, 0.3) is 0 Å². The molecular formula is C10H19N3O2. The summed E-state index contributed by atoms with van der Waals surface area (Å²) < 4.78 is 0. The maximum absolute atomic E-state index is 11.6. The van der Waals surface area contributed by atoms with Crippen LogP contribution >= 0.6 is 0 Å². The molecule has 0 bridgehead atoms. The summed E-state index contributed by atoms with van der Waals surface area (Å²) in [5.41, 5.74) is 0. The Kier molecular flexibility index (Phi) is 4.55. The van der Waals surface area contributed by atoms with E-state index in [-0.39, 0.29) is 24.3 Å². The van der Waals surface area contributed by atoms with Gasteiger partial charge in [-0.3, -0.25) is 9.59 Å². The summed E-state index contributed by atoms with van der Waals surface area (Å²) >= 11 is 0. The average Bonchev–Trinajstić information content (AvgIpc) is 2.25. The Hall–Kier alpha value is -1.10. The SMILES string of the molecule is CNC(=O)CNC(=O)C1CNCC(C)C1. The monoisotopic (exact) mass is 213 g/mol. The molecule has 2 amide bonds. The molecule has 1 rings (SSSR count). The Balaban J connectivity index is 2.30. The molecule has 15 heavy (non-hydrogen) atoms. The molecule has 0 spiro atoms. The summed E-state index contributed by atoms with van der Waals surface area (Å²) in [6.07, 6.45) is 0.895. The molecule has 0 aromatic carbocycles. The van der Waals surface area contributed by atoms with Crippen molar-refractivity contribution in [2.45, 2.75) is 13.3 Å². The molecule has 0 radical (unpaired) electrons. The van der Waals surface area contributed by atoms with Crippen molar-refractivity contribution in [3.63, 3.8) is 0 Å². The number of carbonyl (C=O) groups is 2. The minimum Gasteiger partial charge on any atom is -0.358 e. The third-order valence-electron chi connectivity index (χ3n) is 2.64. The molecule has 0 aromatic rings. The zero-order chi connectivity index (χ0) is 11.3. The van der Waals surface area contributed by atoms with Crippen molar-refractivity contribution in [3.05, 3.63) is 0 Å². The molecule has 1 saturated heterocycles. The van der Waals surface area contributed by atoms with Gasteiger partial charge in [0.2, 0.25) is 11.8 Å². The van der Waals surface area contributed by atoms with Gasteiger partial charge in [0.1, 0.15) is 0 Å². The van der Waals surface area contributed by atoms with Gasteiger partial charge in [0.25, 0.3) is 0 Å². The Morgan fingerprint density at radius 3 is 2.73 bits per heavy atom. The average molecular weight is 213 g/mol. The largest absolute Gasteiger partial charge is 0.358 e. The van der Waals surface area contributed by atoms with E-state index in [4.69, 9.17) is 0 Å². The van der Waals surface area contributed by atoms with Crippen LogP contribution in [0.5, 0.6) is 0 Å². The highest BCUT2D eigenvalue weighted by Crippen LogP contribution is 2.15. The first-order chi connectivity index (χ1) is 7.13. The first-order valence-electron chi connectivity index (χ1n) is 5.32. The number of hydrogen-bond acceptors (Lipinski definition) is 3. The van der Waals surface area contributed by atoms with E-state index in [1.807, 2.05) is 0 Å². The third kappa shape index (κ3) is 3.87. The van der Waals surface area contributed by atoms with E-state index in [0.717, 1.165) is 13.0 Å². The van der Waals surface area contributed by atoms with E-state index >= 15 is 0 Å². The molecule has 3 N–H and O–H groups in total. The number of amides is 2. The minimum absolute atomic E-state index is 0.00148. The molecule has 0 aromatic heterocycles. The second-order valence-corrected chi connectivity index (χ2v) is 4.09. The van der Waals surface area contributed by atoms with Gasteiger partial charge in [-0.15, -0.1) is 0 Å². The van der Waals surface area contributed by atoms with E-state index in [1.165, 1.54) is 0 Å². The fourth-order valence-electron chi connectivity index (χ4n) is 1.76. The summed E-state index contributed by atoms with van der Waals surface area (Å²) in [7, 11) is 1.55. The number of hydrogen-bond donors (Lipinski definition) is 3. The van der Waals surface area contributed by atoms with Gasteiger partial charge in [-0.05, 0) is 18.9 Å². The summed E-state index contributed by atoms with van der Waals surface area (Å²) in [5, 5.41) is 8.30. The van der Waals surface area contributed by atoms with Crippen LogP contribution < -0.4 is 16.0 Å². The molecule has 5 nitrogen and oxygen atoms in total. The molecular weight excluding hydrogens is 194 g/mol. The molecule has 0 saturated carbocycles. The van der Waals surface area contributed by atoms with Crippen LogP contribution in [0.2, 0.25) is 0 Å². The number of piperidine rings is 1. The van der Waals surface area contributed by atoms with E-state index < -0.39 is 0 Å². The first kappa shape index (κ1) is 12.0. The Morgan fingerprint density at radius 2 is 2.13 bits per heavy atom. The van der Waals surface area contributed by atoms with Gasteiger partial charge in [-0.25, -0.2) is 0 Å². The molecule has 1 aliphatic heterocycles. The predicted molar refractivity (Wildman–Crippen MR) is 57.2 cm³/mol. The van der Waals surface area contributed by atoms with Crippen molar-refractivity contribution in [2.24, 2.45) is 11.8 Å². The standard InChI is InChI=1S/C10H19N3O2/c1-7-3-8(5-12-4-7)10(15)13-6-9(14)11-2/h7-8,12H,3-6H2,1-2H3,(H,11,14)(H,13,15). The number of nitrogens with one attached hydrogen (secondary N) is 3. The first-order valence-corrected chi connectivity index (χ1v) is 5.32. The lowest BCUT2D eigenvalue weighted by Gasteiger charge is -2.26.